The number of hydrogen-bond acceptors (Lipinski definition) is 5. The molecular formula is C20H19NO6. The van der Waals surface area contributed by atoms with Crippen LogP contribution in [0.2, 0.25) is 0 Å². The number of carbonyl (C=O) groups is 3. The molecule has 1 aliphatic heterocycles. The Morgan fingerprint density at radius 3 is 2.59 bits per heavy atom. The lowest BCUT2D eigenvalue weighted by Crippen LogP contribution is -2.15. The predicted octanol–water partition coefficient (Wildman–Crippen LogP) is 3.11. The zero-order valence-electron chi connectivity index (χ0n) is 14.4. The van der Waals surface area contributed by atoms with Crippen molar-refractivity contribution in [3.63, 3.8) is 0 Å². The van der Waals surface area contributed by atoms with Crippen LogP contribution in [0.5, 0.6) is 5.75 Å². The monoisotopic (exact) mass is 369 g/mol. The first-order chi connectivity index (χ1) is 12.9. The molecule has 1 amide bonds. The van der Waals surface area contributed by atoms with Gasteiger partial charge in [-0.15, -0.1) is 0 Å². The minimum absolute atomic E-state index is 0.0972. The molecule has 7 nitrogen and oxygen atoms in total. The number of benzene rings is 2. The van der Waals surface area contributed by atoms with Gasteiger partial charge in [-0.2, -0.15) is 0 Å². The van der Waals surface area contributed by atoms with Gasteiger partial charge in [0.1, 0.15) is 17.4 Å². The lowest BCUT2D eigenvalue weighted by atomic mass is 9.91. The predicted molar refractivity (Wildman–Crippen MR) is 96.3 cm³/mol. The van der Waals surface area contributed by atoms with Gasteiger partial charge in [0.2, 0.25) is 5.91 Å². The average molecular weight is 369 g/mol. The molecule has 2 aromatic rings. The molecule has 2 atom stereocenters. The van der Waals surface area contributed by atoms with E-state index in [4.69, 9.17) is 9.84 Å². The van der Waals surface area contributed by atoms with E-state index < -0.39 is 5.97 Å². The summed E-state index contributed by atoms with van der Waals surface area (Å²) in [6, 6.07) is 13.2. The number of carbonyl (C=O) groups excluding carboxylic acids is 2. The highest BCUT2D eigenvalue weighted by Crippen LogP contribution is 2.38. The molecule has 1 saturated heterocycles. The standard InChI is InChI=1S/C20H19NO6/c22-16-8-7-14(11-15(16)20(25)26)21-17(23)9-6-13-10-18(24)27-19(13)12-4-2-1-3-5-12/h1-5,7-8,11,13,19,22H,6,9-10H2,(H,21,23)(H,25,26). The van der Waals surface area contributed by atoms with Crippen LogP contribution in [0, 0.1) is 5.92 Å². The van der Waals surface area contributed by atoms with Gasteiger partial charge < -0.3 is 20.3 Å². The number of rotatable bonds is 6. The van der Waals surface area contributed by atoms with Crippen LogP contribution in [0.3, 0.4) is 0 Å². The number of carboxylic acid groups (broad SMARTS) is 1. The summed E-state index contributed by atoms with van der Waals surface area (Å²) in [6.45, 7) is 0. The second-order valence-electron chi connectivity index (χ2n) is 6.41. The summed E-state index contributed by atoms with van der Waals surface area (Å²) in [6.07, 6.45) is 0.517. The van der Waals surface area contributed by atoms with E-state index in [-0.39, 0.29) is 53.7 Å². The molecule has 0 bridgehead atoms. The molecular weight excluding hydrogens is 350 g/mol. The molecule has 27 heavy (non-hydrogen) atoms. The van der Waals surface area contributed by atoms with Crippen molar-refractivity contribution in [2.75, 3.05) is 5.32 Å². The Bertz CT molecular complexity index is 864. The van der Waals surface area contributed by atoms with E-state index in [1.54, 1.807) is 0 Å². The lowest BCUT2D eigenvalue weighted by Gasteiger charge is -2.17. The van der Waals surface area contributed by atoms with E-state index in [0.29, 0.717) is 6.42 Å². The van der Waals surface area contributed by atoms with E-state index >= 15 is 0 Å². The molecule has 140 valence electrons. The van der Waals surface area contributed by atoms with Crippen molar-refractivity contribution in [1.29, 1.82) is 0 Å². The zero-order valence-corrected chi connectivity index (χ0v) is 14.4. The first kappa shape index (κ1) is 18.4. The van der Waals surface area contributed by atoms with Crippen molar-refractivity contribution in [2.45, 2.75) is 25.4 Å². The molecule has 3 rings (SSSR count). The summed E-state index contributed by atoms with van der Waals surface area (Å²) in [5.74, 6) is -2.33. The fraction of sp³-hybridized carbons (Fsp3) is 0.250. The smallest absolute Gasteiger partial charge is 0.339 e. The van der Waals surface area contributed by atoms with Crippen molar-refractivity contribution in [3.8, 4) is 5.75 Å². The van der Waals surface area contributed by atoms with Crippen LogP contribution in [-0.2, 0) is 14.3 Å². The number of hydrogen-bond donors (Lipinski definition) is 3. The van der Waals surface area contributed by atoms with E-state index in [1.165, 1.54) is 18.2 Å². The van der Waals surface area contributed by atoms with Gasteiger partial charge in [0.05, 0.1) is 6.42 Å². The molecule has 0 aromatic heterocycles. The summed E-state index contributed by atoms with van der Waals surface area (Å²) in [4.78, 5) is 35.0. The number of esters is 1. The van der Waals surface area contributed by atoms with E-state index in [2.05, 4.69) is 5.32 Å². The normalized spacial score (nSPS) is 18.7. The fourth-order valence-corrected chi connectivity index (χ4v) is 3.17. The van der Waals surface area contributed by atoms with Crippen LogP contribution in [-0.4, -0.2) is 28.1 Å². The van der Waals surface area contributed by atoms with Gasteiger partial charge in [-0.1, -0.05) is 30.3 Å². The molecule has 2 unspecified atom stereocenters. The molecule has 0 aliphatic carbocycles. The molecule has 7 heteroatoms. The molecule has 1 fully saturated rings. The van der Waals surface area contributed by atoms with Gasteiger partial charge in [-0.3, -0.25) is 9.59 Å². The van der Waals surface area contributed by atoms with Crippen molar-refractivity contribution < 1.29 is 29.3 Å². The Hall–Kier alpha value is -3.35. The summed E-state index contributed by atoms with van der Waals surface area (Å²) in [7, 11) is 0. The van der Waals surface area contributed by atoms with E-state index in [0.717, 1.165) is 5.56 Å². The third-order valence-corrected chi connectivity index (χ3v) is 4.50. The van der Waals surface area contributed by atoms with Gasteiger partial charge in [0.15, 0.2) is 0 Å². The third kappa shape index (κ3) is 4.44. The van der Waals surface area contributed by atoms with Crippen LogP contribution in [0.1, 0.15) is 41.3 Å². The van der Waals surface area contributed by atoms with Gasteiger partial charge in [-0.25, -0.2) is 4.79 Å². The number of amides is 1. The summed E-state index contributed by atoms with van der Waals surface area (Å²) in [5.41, 5.74) is 0.902. The highest BCUT2D eigenvalue weighted by molar-refractivity contribution is 5.95. The number of aromatic hydroxyl groups is 1. The van der Waals surface area contributed by atoms with Gasteiger partial charge in [-0.05, 0) is 30.2 Å². The summed E-state index contributed by atoms with van der Waals surface area (Å²) >= 11 is 0. The fourth-order valence-electron chi connectivity index (χ4n) is 3.17. The number of cyclic esters (lactones) is 1. The van der Waals surface area contributed by atoms with Gasteiger partial charge in [0.25, 0.3) is 0 Å². The molecule has 0 radical (unpaired) electrons. The zero-order chi connectivity index (χ0) is 19.4. The first-order valence-corrected chi connectivity index (χ1v) is 8.54. The summed E-state index contributed by atoms with van der Waals surface area (Å²) < 4.78 is 5.40. The topological polar surface area (TPSA) is 113 Å². The van der Waals surface area contributed by atoms with Crippen LogP contribution >= 0.6 is 0 Å². The molecule has 1 heterocycles. The van der Waals surface area contributed by atoms with E-state index in [1.807, 2.05) is 30.3 Å². The maximum absolute atomic E-state index is 12.2. The second-order valence-corrected chi connectivity index (χ2v) is 6.41. The molecule has 0 saturated carbocycles. The highest BCUT2D eigenvalue weighted by atomic mass is 16.5. The SMILES string of the molecule is O=C(CCC1CC(=O)OC1c1ccccc1)Nc1ccc(O)c(C(=O)O)c1. The Morgan fingerprint density at radius 1 is 1.15 bits per heavy atom. The minimum Gasteiger partial charge on any atom is -0.507 e. The Morgan fingerprint density at radius 2 is 1.89 bits per heavy atom. The number of nitrogens with one attached hydrogen (secondary N) is 1. The maximum atomic E-state index is 12.2. The van der Waals surface area contributed by atoms with E-state index in [9.17, 15) is 19.5 Å². The second kappa shape index (κ2) is 7.90. The number of ether oxygens (including phenoxy) is 1. The Kier molecular flexibility index (Phi) is 5.40. The molecule has 3 N–H and O–H groups in total. The number of aromatic carboxylic acids is 1. The number of phenols is 1. The molecule has 0 spiro atoms. The van der Waals surface area contributed by atoms with Crippen molar-refractivity contribution in [1.82, 2.24) is 0 Å². The van der Waals surface area contributed by atoms with Crippen LogP contribution in [0.25, 0.3) is 0 Å². The largest absolute Gasteiger partial charge is 0.507 e. The van der Waals surface area contributed by atoms with Crippen molar-refractivity contribution in [2.24, 2.45) is 5.92 Å². The molecule has 2 aromatic carbocycles. The summed E-state index contributed by atoms with van der Waals surface area (Å²) in [5, 5.41) is 21.1. The van der Waals surface area contributed by atoms with Crippen LogP contribution < -0.4 is 5.32 Å². The Labute approximate surface area is 155 Å². The first-order valence-electron chi connectivity index (χ1n) is 8.54. The average Bonchev–Trinajstić information content (AvgIpc) is 3.03. The van der Waals surface area contributed by atoms with Crippen LogP contribution in [0.4, 0.5) is 5.69 Å². The molecule has 1 aliphatic rings. The maximum Gasteiger partial charge on any atom is 0.339 e. The van der Waals surface area contributed by atoms with Crippen molar-refractivity contribution >= 4 is 23.5 Å². The quantitative estimate of drug-likeness (QED) is 0.533. The van der Waals surface area contributed by atoms with Gasteiger partial charge >= 0.3 is 11.9 Å². The Balaban J connectivity index is 1.61. The number of anilines is 1. The number of carboxylic acids is 1. The van der Waals surface area contributed by atoms with Crippen LogP contribution in [0.15, 0.2) is 48.5 Å². The third-order valence-electron chi connectivity index (χ3n) is 4.50. The van der Waals surface area contributed by atoms with Gasteiger partial charge in [0, 0.05) is 18.0 Å². The highest BCUT2D eigenvalue weighted by Gasteiger charge is 2.35. The lowest BCUT2D eigenvalue weighted by molar-refractivity contribution is -0.141. The van der Waals surface area contributed by atoms with Crippen molar-refractivity contribution in [3.05, 3.63) is 59.7 Å². The minimum atomic E-state index is -1.28.